The largest absolute Gasteiger partial charge is 0.495 e. The Balaban J connectivity index is 3.11. The number of rotatable bonds is 11. The minimum absolute atomic E-state index is 0.240. The van der Waals surface area contributed by atoms with Crippen LogP contribution in [0.4, 0.5) is 0 Å². The second kappa shape index (κ2) is 11.7. The first-order valence-electron chi connectivity index (χ1n) is 6.44. The smallest absolute Gasteiger partial charge is 0.182 e. The highest BCUT2D eigenvalue weighted by Crippen LogP contribution is 1.94. The molecular formula is C13H27NO3. The molecule has 0 bridgehead atoms. The summed E-state index contributed by atoms with van der Waals surface area (Å²) in [6.07, 6.45) is 3.58. The van der Waals surface area contributed by atoms with Crippen LogP contribution in [0.25, 0.3) is 0 Å². The van der Waals surface area contributed by atoms with Crippen LogP contribution < -0.4 is 5.32 Å². The topological polar surface area (TPSA) is 50.7 Å². The van der Waals surface area contributed by atoms with Crippen molar-refractivity contribution in [3.63, 3.8) is 0 Å². The molecular weight excluding hydrogens is 218 g/mol. The second-order valence-electron chi connectivity index (χ2n) is 4.21. The van der Waals surface area contributed by atoms with Gasteiger partial charge in [0.1, 0.15) is 0 Å². The zero-order chi connectivity index (χ0) is 12.9. The lowest BCUT2D eigenvalue weighted by Gasteiger charge is -2.08. The molecule has 17 heavy (non-hydrogen) atoms. The van der Waals surface area contributed by atoms with Gasteiger partial charge in [0.05, 0.1) is 19.8 Å². The van der Waals surface area contributed by atoms with Crippen LogP contribution in [0, 0.1) is 0 Å². The van der Waals surface area contributed by atoms with E-state index in [1.807, 2.05) is 13.8 Å². The Kier molecular flexibility index (Phi) is 11.2. The Morgan fingerprint density at radius 3 is 2.24 bits per heavy atom. The maximum Gasteiger partial charge on any atom is 0.182 e. The van der Waals surface area contributed by atoms with Crippen LogP contribution in [0.3, 0.4) is 0 Å². The first-order chi connectivity index (χ1) is 8.18. The molecule has 102 valence electrons. The van der Waals surface area contributed by atoms with Crippen LogP contribution in [0.1, 0.15) is 40.0 Å². The molecule has 0 unspecified atom stereocenters. The number of aliphatic hydroxyl groups is 1. The zero-order valence-corrected chi connectivity index (χ0v) is 11.4. The highest BCUT2D eigenvalue weighted by Gasteiger charge is 1.94. The molecule has 0 saturated heterocycles. The molecule has 0 spiro atoms. The lowest BCUT2D eigenvalue weighted by Crippen LogP contribution is -2.20. The van der Waals surface area contributed by atoms with Gasteiger partial charge in [0.2, 0.25) is 0 Å². The minimum Gasteiger partial charge on any atom is -0.495 e. The van der Waals surface area contributed by atoms with Crippen molar-refractivity contribution in [1.29, 1.82) is 0 Å². The van der Waals surface area contributed by atoms with Crippen molar-refractivity contribution in [3.05, 3.63) is 11.5 Å². The number of hydrogen-bond acceptors (Lipinski definition) is 4. The Morgan fingerprint density at radius 1 is 1.00 bits per heavy atom. The lowest BCUT2D eigenvalue weighted by atomic mass is 10.3. The Bertz CT molecular complexity index is 201. The molecule has 4 nitrogen and oxygen atoms in total. The molecule has 0 aliphatic carbocycles. The van der Waals surface area contributed by atoms with Crippen LogP contribution in [0.15, 0.2) is 11.5 Å². The molecule has 0 rings (SSSR count). The van der Waals surface area contributed by atoms with Gasteiger partial charge < -0.3 is 19.9 Å². The molecule has 2 N–H and O–H groups in total. The number of unbranched alkanes of at least 4 members (excludes halogenated alkanes) is 2. The Labute approximate surface area is 105 Å². The van der Waals surface area contributed by atoms with E-state index in [2.05, 4.69) is 12.2 Å². The first-order valence-corrected chi connectivity index (χ1v) is 6.44. The molecule has 0 atom stereocenters. The number of nitrogens with one attached hydrogen (secondary N) is 1. The third-order valence-corrected chi connectivity index (χ3v) is 2.28. The van der Waals surface area contributed by atoms with E-state index in [0.29, 0.717) is 26.4 Å². The fourth-order valence-corrected chi connectivity index (χ4v) is 1.19. The average molecular weight is 245 g/mol. The fourth-order valence-electron chi connectivity index (χ4n) is 1.19. The van der Waals surface area contributed by atoms with Crippen LogP contribution >= 0.6 is 0 Å². The van der Waals surface area contributed by atoms with Crippen molar-refractivity contribution in [2.24, 2.45) is 0 Å². The third-order valence-electron chi connectivity index (χ3n) is 2.28. The van der Waals surface area contributed by atoms with Crippen molar-refractivity contribution >= 4 is 0 Å². The summed E-state index contributed by atoms with van der Waals surface area (Å²) in [4.78, 5) is 0. The molecule has 4 heteroatoms. The van der Waals surface area contributed by atoms with E-state index < -0.39 is 0 Å². The van der Waals surface area contributed by atoms with Crippen molar-refractivity contribution in [3.8, 4) is 0 Å². The predicted octanol–water partition coefficient (Wildman–Crippen LogP) is 2.61. The van der Waals surface area contributed by atoms with Crippen molar-refractivity contribution in [1.82, 2.24) is 5.32 Å². The van der Waals surface area contributed by atoms with Gasteiger partial charge in [0.15, 0.2) is 5.88 Å². The maximum atomic E-state index is 9.34. The van der Waals surface area contributed by atoms with Crippen molar-refractivity contribution < 1.29 is 14.6 Å². The summed E-state index contributed by atoms with van der Waals surface area (Å²) < 4.78 is 10.7. The molecule has 0 fully saturated rings. The standard InChI is InChI=1S/C13H27NO3/c1-4-5-6-8-16-10-11-17-9-7-14-13(15)12(2)3/h14-15H,4-11H2,1-3H3. The number of hydrogen-bond donors (Lipinski definition) is 2. The fraction of sp³-hybridized carbons (Fsp3) is 0.846. The molecule has 0 aliphatic rings. The lowest BCUT2D eigenvalue weighted by molar-refractivity contribution is 0.0472. The van der Waals surface area contributed by atoms with Crippen molar-refractivity contribution in [2.45, 2.75) is 40.0 Å². The highest BCUT2D eigenvalue weighted by atomic mass is 16.5. The number of ether oxygens (including phenoxy) is 2. The van der Waals surface area contributed by atoms with E-state index in [4.69, 9.17) is 9.47 Å². The minimum atomic E-state index is 0.240. The number of aliphatic hydroxyl groups excluding tert-OH is 1. The van der Waals surface area contributed by atoms with Gasteiger partial charge in [0, 0.05) is 13.2 Å². The molecule has 0 aliphatic heterocycles. The van der Waals surface area contributed by atoms with E-state index in [1.54, 1.807) is 0 Å². The summed E-state index contributed by atoms with van der Waals surface area (Å²) in [5.74, 6) is 0.240. The van der Waals surface area contributed by atoms with Crippen LogP contribution in [-0.2, 0) is 9.47 Å². The predicted molar refractivity (Wildman–Crippen MR) is 70.2 cm³/mol. The van der Waals surface area contributed by atoms with Gasteiger partial charge in [-0.1, -0.05) is 19.8 Å². The summed E-state index contributed by atoms with van der Waals surface area (Å²) >= 11 is 0. The van der Waals surface area contributed by atoms with E-state index in [9.17, 15) is 5.11 Å². The van der Waals surface area contributed by atoms with Crippen molar-refractivity contribution in [2.75, 3.05) is 33.0 Å². The number of allylic oxidation sites excluding steroid dienone is 1. The summed E-state index contributed by atoms with van der Waals surface area (Å²) in [5, 5.41) is 12.2. The van der Waals surface area contributed by atoms with Gasteiger partial charge in [-0.15, -0.1) is 0 Å². The van der Waals surface area contributed by atoms with Gasteiger partial charge in [-0.25, -0.2) is 0 Å². The molecule has 0 aromatic rings. The molecule has 0 aromatic carbocycles. The summed E-state index contributed by atoms with van der Waals surface area (Å²) in [6.45, 7) is 9.18. The second-order valence-corrected chi connectivity index (χ2v) is 4.21. The summed E-state index contributed by atoms with van der Waals surface area (Å²) in [6, 6.07) is 0. The monoisotopic (exact) mass is 245 g/mol. The highest BCUT2D eigenvalue weighted by molar-refractivity contribution is 4.98. The van der Waals surface area contributed by atoms with Crippen LogP contribution in [0.5, 0.6) is 0 Å². The van der Waals surface area contributed by atoms with Gasteiger partial charge in [-0.05, 0) is 25.8 Å². The Morgan fingerprint density at radius 2 is 1.65 bits per heavy atom. The Hall–Kier alpha value is -0.740. The molecule has 0 saturated carbocycles. The van der Waals surface area contributed by atoms with E-state index >= 15 is 0 Å². The molecule has 0 aromatic heterocycles. The first kappa shape index (κ1) is 16.3. The summed E-state index contributed by atoms with van der Waals surface area (Å²) in [7, 11) is 0. The average Bonchev–Trinajstić information content (AvgIpc) is 2.31. The normalized spacial score (nSPS) is 10.3. The summed E-state index contributed by atoms with van der Waals surface area (Å²) in [5.41, 5.74) is 0.879. The van der Waals surface area contributed by atoms with Crippen LogP contribution in [-0.4, -0.2) is 38.1 Å². The molecule has 0 amide bonds. The third kappa shape index (κ3) is 11.5. The molecule has 0 heterocycles. The van der Waals surface area contributed by atoms with E-state index in [-0.39, 0.29) is 5.88 Å². The zero-order valence-electron chi connectivity index (χ0n) is 11.4. The SMILES string of the molecule is CCCCCOCCOCCNC(O)=C(C)C. The van der Waals surface area contributed by atoms with Gasteiger partial charge >= 0.3 is 0 Å². The quantitative estimate of drug-likeness (QED) is 0.434. The van der Waals surface area contributed by atoms with Gasteiger partial charge in [-0.2, -0.15) is 0 Å². The maximum absolute atomic E-state index is 9.34. The molecule has 0 radical (unpaired) electrons. The van der Waals surface area contributed by atoms with Gasteiger partial charge in [-0.3, -0.25) is 0 Å². The van der Waals surface area contributed by atoms with E-state index in [0.717, 1.165) is 18.6 Å². The van der Waals surface area contributed by atoms with Crippen LogP contribution in [0.2, 0.25) is 0 Å². The van der Waals surface area contributed by atoms with Gasteiger partial charge in [0.25, 0.3) is 0 Å². The van der Waals surface area contributed by atoms with E-state index in [1.165, 1.54) is 12.8 Å².